The smallest absolute Gasteiger partial charge is 0.239 e. The molecule has 1 aromatic carbocycles. The number of hydrogen-bond donors (Lipinski definition) is 1. The minimum atomic E-state index is -0.527. The third kappa shape index (κ3) is 4.22. The van der Waals surface area contributed by atoms with Crippen LogP contribution in [0, 0.1) is 0 Å². The second kappa shape index (κ2) is 8.60. The second-order valence-electron chi connectivity index (χ2n) is 6.65. The van der Waals surface area contributed by atoms with E-state index in [1.807, 2.05) is 18.2 Å². The number of ether oxygens (including phenoxy) is 2. The number of nitrogens with two attached hydrogens (primary N) is 1. The Morgan fingerprint density at radius 3 is 2.58 bits per heavy atom. The van der Waals surface area contributed by atoms with Gasteiger partial charge >= 0.3 is 0 Å². The number of hydrogen-bond acceptors (Lipinski definition) is 5. The number of primary amides is 1. The Morgan fingerprint density at radius 1 is 1.27 bits per heavy atom. The molecule has 0 spiro atoms. The summed E-state index contributed by atoms with van der Waals surface area (Å²) >= 11 is 0. The molecule has 1 aliphatic carbocycles. The maximum absolute atomic E-state index is 12.2. The molecular weight excluding hydrogens is 358 g/mol. The molecule has 3 rings (SSSR count). The second-order valence-corrected chi connectivity index (χ2v) is 6.65. The molecule has 0 radical (unpaired) electrons. The van der Waals surface area contributed by atoms with Gasteiger partial charge in [0.05, 0.1) is 19.3 Å². The van der Waals surface area contributed by atoms with Crippen molar-refractivity contribution in [3.63, 3.8) is 0 Å². The number of nitrogens with zero attached hydrogens (tertiary/aromatic N) is 2. The number of halogens is 1. The van der Waals surface area contributed by atoms with E-state index in [2.05, 4.69) is 0 Å². The molecule has 2 amide bonds. The fourth-order valence-corrected chi connectivity index (χ4v) is 3.61. The summed E-state index contributed by atoms with van der Waals surface area (Å²) in [5.41, 5.74) is 6.19. The van der Waals surface area contributed by atoms with Crippen LogP contribution in [0.2, 0.25) is 0 Å². The van der Waals surface area contributed by atoms with Crippen LogP contribution in [0.3, 0.4) is 0 Å². The molecule has 1 atom stereocenters. The number of carbonyl (C=O) groups is 2. The van der Waals surface area contributed by atoms with Gasteiger partial charge in [-0.1, -0.05) is 6.07 Å². The van der Waals surface area contributed by atoms with Crippen molar-refractivity contribution in [3.05, 3.63) is 23.8 Å². The van der Waals surface area contributed by atoms with E-state index in [4.69, 9.17) is 15.2 Å². The van der Waals surface area contributed by atoms with Gasteiger partial charge in [0.2, 0.25) is 11.8 Å². The van der Waals surface area contributed by atoms with Gasteiger partial charge in [0.25, 0.3) is 0 Å². The molecule has 2 fully saturated rings. The lowest BCUT2D eigenvalue weighted by Gasteiger charge is -2.28. The predicted molar refractivity (Wildman–Crippen MR) is 99.2 cm³/mol. The average Bonchev–Trinajstić information content (AvgIpc) is 3.18. The molecule has 0 bridgehead atoms. The molecule has 26 heavy (non-hydrogen) atoms. The van der Waals surface area contributed by atoms with Gasteiger partial charge in [0.1, 0.15) is 6.54 Å². The predicted octanol–water partition coefficient (Wildman–Crippen LogP) is 2.04. The van der Waals surface area contributed by atoms with E-state index in [1.165, 1.54) is 17.9 Å². The number of hydrazine groups is 1. The number of methoxy groups -OCH3 is 1. The molecule has 1 saturated carbocycles. The summed E-state index contributed by atoms with van der Waals surface area (Å²) in [6.45, 7) is -0.104. The molecule has 8 heteroatoms. The standard InChI is InChI=1S/C18H25N3O4.ClH/c1-20-14(10-18(23)21(20)11-17(19)22)12-7-8-15(24-2)16(9-12)25-13-5-3-4-6-13;/h7-9,13-14H,3-6,10-11H2,1-2H3,(H2,19,22);1H. The third-order valence-electron chi connectivity index (χ3n) is 4.96. The summed E-state index contributed by atoms with van der Waals surface area (Å²) in [6, 6.07) is 5.60. The van der Waals surface area contributed by atoms with Gasteiger partial charge in [-0.2, -0.15) is 0 Å². The van der Waals surface area contributed by atoms with Gasteiger partial charge in [0.15, 0.2) is 11.5 Å². The number of amides is 2. The van der Waals surface area contributed by atoms with Gasteiger partial charge in [-0.3, -0.25) is 14.6 Å². The Hall–Kier alpha value is -1.99. The fraction of sp³-hybridized carbons (Fsp3) is 0.556. The van der Waals surface area contributed by atoms with Crippen LogP contribution in [0.15, 0.2) is 18.2 Å². The maximum Gasteiger partial charge on any atom is 0.239 e. The van der Waals surface area contributed by atoms with E-state index in [0.29, 0.717) is 17.9 Å². The van der Waals surface area contributed by atoms with E-state index in [0.717, 1.165) is 18.4 Å². The van der Waals surface area contributed by atoms with E-state index in [9.17, 15) is 9.59 Å². The highest BCUT2D eigenvalue weighted by Gasteiger charge is 2.37. The lowest BCUT2D eigenvalue weighted by Crippen LogP contribution is -2.42. The lowest BCUT2D eigenvalue weighted by molar-refractivity contribution is -0.142. The zero-order valence-corrected chi connectivity index (χ0v) is 16.0. The van der Waals surface area contributed by atoms with E-state index < -0.39 is 5.91 Å². The largest absolute Gasteiger partial charge is 0.493 e. The van der Waals surface area contributed by atoms with Crippen LogP contribution in [-0.4, -0.2) is 48.6 Å². The first kappa shape index (κ1) is 20.3. The van der Waals surface area contributed by atoms with Crippen molar-refractivity contribution in [1.82, 2.24) is 10.0 Å². The molecule has 7 nitrogen and oxygen atoms in total. The van der Waals surface area contributed by atoms with E-state index in [-0.39, 0.29) is 37.0 Å². The van der Waals surface area contributed by atoms with Crippen molar-refractivity contribution in [2.75, 3.05) is 20.7 Å². The van der Waals surface area contributed by atoms with Crippen LogP contribution < -0.4 is 15.2 Å². The van der Waals surface area contributed by atoms with Gasteiger partial charge in [-0.15, -0.1) is 12.4 Å². The SMILES string of the molecule is COc1ccc(C2CC(=O)N(CC(N)=O)N2C)cc1OC1CCCC1.Cl. The van der Waals surface area contributed by atoms with Crippen molar-refractivity contribution < 1.29 is 19.1 Å². The van der Waals surface area contributed by atoms with Crippen LogP contribution in [0.5, 0.6) is 11.5 Å². The summed E-state index contributed by atoms with van der Waals surface area (Å²) in [6.07, 6.45) is 5.02. The van der Waals surface area contributed by atoms with Crippen LogP contribution in [0.4, 0.5) is 0 Å². The van der Waals surface area contributed by atoms with Crippen molar-refractivity contribution >= 4 is 24.2 Å². The van der Waals surface area contributed by atoms with Crippen molar-refractivity contribution in [2.45, 2.75) is 44.2 Å². The molecule has 1 unspecified atom stereocenters. The van der Waals surface area contributed by atoms with Crippen LogP contribution >= 0.6 is 12.4 Å². The monoisotopic (exact) mass is 383 g/mol. The van der Waals surface area contributed by atoms with Gasteiger partial charge in [-0.05, 0) is 43.4 Å². The Balaban J connectivity index is 0.00000243. The molecule has 1 saturated heterocycles. The lowest BCUT2D eigenvalue weighted by atomic mass is 10.0. The minimum absolute atomic E-state index is 0. The zero-order chi connectivity index (χ0) is 18.0. The highest BCUT2D eigenvalue weighted by Crippen LogP contribution is 2.38. The molecule has 1 heterocycles. The highest BCUT2D eigenvalue weighted by molar-refractivity contribution is 5.85. The normalized spacial score (nSPS) is 20.9. The molecule has 1 aliphatic heterocycles. The highest BCUT2D eigenvalue weighted by atomic mass is 35.5. The zero-order valence-electron chi connectivity index (χ0n) is 15.1. The Labute approximate surface area is 159 Å². The summed E-state index contributed by atoms with van der Waals surface area (Å²) < 4.78 is 11.6. The first-order valence-corrected chi connectivity index (χ1v) is 8.65. The van der Waals surface area contributed by atoms with Gasteiger partial charge < -0.3 is 15.2 Å². The Bertz CT molecular complexity index is 664. The average molecular weight is 384 g/mol. The van der Waals surface area contributed by atoms with Crippen LogP contribution in [-0.2, 0) is 9.59 Å². The fourth-order valence-electron chi connectivity index (χ4n) is 3.61. The Kier molecular flexibility index (Phi) is 6.72. The molecule has 0 aromatic heterocycles. The van der Waals surface area contributed by atoms with Crippen LogP contribution in [0.25, 0.3) is 0 Å². The minimum Gasteiger partial charge on any atom is -0.493 e. The summed E-state index contributed by atoms with van der Waals surface area (Å²) in [5, 5.41) is 3.17. The molecule has 2 aliphatic rings. The number of carbonyl (C=O) groups excluding carboxylic acids is 2. The molecule has 2 N–H and O–H groups in total. The molecule has 144 valence electrons. The van der Waals surface area contributed by atoms with Gasteiger partial charge in [0, 0.05) is 13.5 Å². The van der Waals surface area contributed by atoms with Crippen molar-refractivity contribution in [1.29, 1.82) is 0 Å². The van der Waals surface area contributed by atoms with Crippen LogP contribution in [0.1, 0.15) is 43.7 Å². The first-order chi connectivity index (χ1) is 12.0. The maximum atomic E-state index is 12.2. The quantitative estimate of drug-likeness (QED) is 0.812. The topological polar surface area (TPSA) is 85.1 Å². The number of rotatable bonds is 6. The first-order valence-electron chi connectivity index (χ1n) is 8.65. The van der Waals surface area contributed by atoms with Crippen molar-refractivity contribution in [2.24, 2.45) is 5.73 Å². The summed E-state index contributed by atoms with van der Waals surface area (Å²) in [7, 11) is 3.41. The third-order valence-corrected chi connectivity index (χ3v) is 4.96. The summed E-state index contributed by atoms with van der Waals surface area (Å²) in [5.74, 6) is 0.763. The molecule has 1 aromatic rings. The summed E-state index contributed by atoms with van der Waals surface area (Å²) in [4.78, 5) is 23.4. The van der Waals surface area contributed by atoms with Crippen molar-refractivity contribution in [3.8, 4) is 11.5 Å². The molecular formula is C18H26ClN3O4. The van der Waals surface area contributed by atoms with Gasteiger partial charge in [-0.25, -0.2) is 5.01 Å². The van der Waals surface area contributed by atoms with E-state index >= 15 is 0 Å². The Morgan fingerprint density at radius 2 is 1.96 bits per heavy atom. The van der Waals surface area contributed by atoms with E-state index in [1.54, 1.807) is 19.2 Å². The number of benzene rings is 1.